The Morgan fingerprint density at radius 3 is 2.38 bits per heavy atom. The molecule has 0 aliphatic carbocycles. The van der Waals surface area contributed by atoms with E-state index in [2.05, 4.69) is 0 Å². The molecule has 1 aliphatic heterocycles. The molecule has 0 spiro atoms. The molecule has 1 fully saturated rings. The molecular weight excluding hydrogens is 210 g/mol. The van der Waals surface area contributed by atoms with Gasteiger partial charge in [0, 0.05) is 27.2 Å². The minimum Gasteiger partial charge on any atom is -0.379 e. The zero-order chi connectivity index (χ0) is 12.3. The number of ether oxygens (including phenoxy) is 1. The number of amides is 2. The fourth-order valence-corrected chi connectivity index (χ4v) is 1.53. The summed E-state index contributed by atoms with van der Waals surface area (Å²) in [5.74, 6) is -0.552. The van der Waals surface area contributed by atoms with Crippen molar-refractivity contribution in [1.29, 1.82) is 0 Å². The van der Waals surface area contributed by atoms with Crippen molar-refractivity contribution in [2.45, 2.75) is 6.04 Å². The maximum absolute atomic E-state index is 11.9. The molecule has 1 aliphatic rings. The molecular formula is C10H19N3O3. The van der Waals surface area contributed by atoms with Crippen LogP contribution in [0.4, 0.5) is 0 Å². The van der Waals surface area contributed by atoms with Gasteiger partial charge in [-0.1, -0.05) is 0 Å². The van der Waals surface area contributed by atoms with Crippen molar-refractivity contribution in [3.05, 3.63) is 0 Å². The van der Waals surface area contributed by atoms with Gasteiger partial charge < -0.3 is 20.3 Å². The van der Waals surface area contributed by atoms with Crippen LogP contribution in [0.5, 0.6) is 0 Å². The van der Waals surface area contributed by atoms with Crippen molar-refractivity contribution < 1.29 is 14.3 Å². The van der Waals surface area contributed by atoms with Crippen LogP contribution in [0.3, 0.4) is 0 Å². The van der Waals surface area contributed by atoms with Crippen molar-refractivity contribution in [2.75, 3.05) is 40.9 Å². The second-order valence-corrected chi connectivity index (χ2v) is 4.29. The summed E-state index contributed by atoms with van der Waals surface area (Å²) < 4.78 is 5.13. The zero-order valence-corrected chi connectivity index (χ0v) is 9.97. The molecule has 1 saturated heterocycles. The topological polar surface area (TPSA) is 75.9 Å². The maximum Gasteiger partial charge on any atom is 0.241 e. The Bertz CT molecular complexity index is 280. The number of hydrogen-bond acceptors (Lipinski definition) is 4. The first kappa shape index (κ1) is 12.9. The highest BCUT2D eigenvalue weighted by atomic mass is 16.5. The van der Waals surface area contributed by atoms with Crippen LogP contribution in [0.25, 0.3) is 0 Å². The molecule has 0 bridgehead atoms. The minimum absolute atomic E-state index is 0.0784. The van der Waals surface area contributed by atoms with Crippen LogP contribution >= 0.6 is 0 Å². The first-order chi connectivity index (χ1) is 7.43. The van der Waals surface area contributed by atoms with Gasteiger partial charge in [-0.3, -0.25) is 9.59 Å². The summed E-state index contributed by atoms with van der Waals surface area (Å²) in [7, 11) is 4.92. The van der Waals surface area contributed by atoms with Gasteiger partial charge in [0.25, 0.3) is 0 Å². The second-order valence-electron chi connectivity index (χ2n) is 4.29. The van der Waals surface area contributed by atoms with Crippen molar-refractivity contribution in [3.8, 4) is 0 Å². The van der Waals surface area contributed by atoms with E-state index in [4.69, 9.17) is 10.5 Å². The quantitative estimate of drug-likeness (QED) is 0.639. The van der Waals surface area contributed by atoms with Crippen LogP contribution in [-0.2, 0) is 14.3 Å². The summed E-state index contributed by atoms with van der Waals surface area (Å²) in [5, 5.41) is 0. The predicted molar refractivity (Wildman–Crippen MR) is 58.6 cm³/mol. The standard InChI is InChI=1S/C10H19N3O3/c1-12(2)9(14)4-13(3)10(15)7-5-16-6-8(7)11/h7-8H,4-6,11H2,1-3H3. The fourth-order valence-electron chi connectivity index (χ4n) is 1.53. The Kier molecular flexibility index (Phi) is 4.26. The summed E-state index contributed by atoms with van der Waals surface area (Å²) in [6.07, 6.45) is 0. The number of rotatable bonds is 3. The lowest BCUT2D eigenvalue weighted by Gasteiger charge is -2.23. The van der Waals surface area contributed by atoms with Gasteiger partial charge in [0.1, 0.15) is 0 Å². The maximum atomic E-state index is 11.9. The van der Waals surface area contributed by atoms with Crippen LogP contribution in [0.15, 0.2) is 0 Å². The highest BCUT2D eigenvalue weighted by Gasteiger charge is 2.33. The Labute approximate surface area is 95.3 Å². The van der Waals surface area contributed by atoms with E-state index in [1.807, 2.05) is 0 Å². The number of carbonyl (C=O) groups excluding carboxylic acids is 2. The molecule has 0 aromatic heterocycles. The molecule has 0 radical (unpaired) electrons. The lowest BCUT2D eigenvalue weighted by Crippen LogP contribution is -2.45. The fraction of sp³-hybridized carbons (Fsp3) is 0.800. The van der Waals surface area contributed by atoms with E-state index in [0.29, 0.717) is 13.2 Å². The average Bonchev–Trinajstić information content (AvgIpc) is 2.62. The Morgan fingerprint density at radius 2 is 1.94 bits per heavy atom. The second kappa shape index (κ2) is 5.27. The molecule has 2 N–H and O–H groups in total. The normalized spacial score (nSPS) is 24.2. The smallest absolute Gasteiger partial charge is 0.241 e. The van der Waals surface area contributed by atoms with Crippen molar-refractivity contribution in [3.63, 3.8) is 0 Å². The molecule has 6 heteroatoms. The predicted octanol–water partition coefficient (Wildman–Crippen LogP) is -1.49. The lowest BCUT2D eigenvalue weighted by atomic mass is 10.0. The summed E-state index contributed by atoms with van der Waals surface area (Å²) in [6.45, 7) is 0.835. The van der Waals surface area contributed by atoms with Crippen LogP contribution in [-0.4, -0.2) is 68.6 Å². The van der Waals surface area contributed by atoms with Crippen LogP contribution in [0, 0.1) is 5.92 Å². The van der Waals surface area contributed by atoms with Gasteiger partial charge in [0.05, 0.1) is 25.7 Å². The third-order valence-corrected chi connectivity index (χ3v) is 2.69. The van der Waals surface area contributed by atoms with Gasteiger partial charge in [-0.25, -0.2) is 0 Å². The number of likely N-dealkylation sites (N-methyl/N-ethyl adjacent to an activating group) is 2. The molecule has 1 heterocycles. The minimum atomic E-state index is -0.319. The van der Waals surface area contributed by atoms with E-state index < -0.39 is 0 Å². The Morgan fingerprint density at radius 1 is 1.31 bits per heavy atom. The van der Waals surface area contributed by atoms with Crippen LogP contribution < -0.4 is 5.73 Å². The third-order valence-electron chi connectivity index (χ3n) is 2.69. The van der Waals surface area contributed by atoms with Gasteiger partial charge in [-0.05, 0) is 0 Å². The van der Waals surface area contributed by atoms with Crippen LogP contribution in [0.2, 0.25) is 0 Å². The SMILES string of the molecule is CN(C)C(=O)CN(C)C(=O)C1COCC1N. The molecule has 2 amide bonds. The Balaban J connectivity index is 2.50. The van der Waals surface area contributed by atoms with E-state index in [-0.39, 0.29) is 30.3 Å². The first-order valence-electron chi connectivity index (χ1n) is 5.22. The van der Waals surface area contributed by atoms with Gasteiger partial charge in [0.2, 0.25) is 11.8 Å². The van der Waals surface area contributed by atoms with Crippen molar-refractivity contribution >= 4 is 11.8 Å². The van der Waals surface area contributed by atoms with Gasteiger partial charge in [-0.2, -0.15) is 0 Å². The summed E-state index contributed by atoms with van der Waals surface area (Å²) in [4.78, 5) is 26.2. The van der Waals surface area contributed by atoms with E-state index in [1.54, 1.807) is 21.1 Å². The van der Waals surface area contributed by atoms with E-state index in [1.165, 1.54) is 9.80 Å². The average molecular weight is 229 g/mol. The largest absolute Gasteiger partial charge is 0.379 e. The molecule has 0 aromatic carbocycles. The number of carbonyl (C=O) groups is 2. The number of hydrogen-bond donors (Lipinski definition) is 1. The third kappa shape index (κ3) is 2.93. The number of nitrogens with zero attached hydrogens (tertiary/aromatic N) is 2. The molecule has 0 aromatic rings. The summed E-state index contributed by atoms with van der Waals surface area (Å²) in [5.41, 5.74) is 5.74. The van der Waals surface area contributed by atoms with E-state index in [0.717, 1.165) is 0 Å². The lowest BCUT2D eigenvalue weighted by molar-refractivity contribution is -0.140. The monoisotopic (exact) mass is 229 g/mol. The van der Waals surface area contributed by atoms with Crippen LogP contribution in [0.1, 0.15) is 0 Å². The first-order valence-corrected chi connectivity index (χ1v) is 5.22. The highest BCUT2D eigenvalue weighted by Crippen LogP contribution is 2.14. The molecule has 92 valence electrons. The van der Waals surface area contributed by atoms with E-state index in [9.17, 15) is 9.59 Å². The highest BCUT2D eigenvalue weighted by molar-refractivity contribution is 5.86. The Hall–Kier alpha value is -1.14. The van der Waals surface area contributed by atoms with Gasteiger partial charge in [-0.15, -0.1) is 0 Å². The molecule has 2 unspecified atom stereocenters. The molecule has 16 heavy (non-hydrogen) atoms. The zero-order valence-electron chi connectivity index (χ0n) is 9.97. The van der Waals surface area contributed by atoms with Gasteiger partial charge >= 0.3 is 0 Å². The van der Waals surface area contributed by atoms with E-state index >= 15 is 0 Å². The van der Waals surface area contributed by atoms with Gasteiger partial charge in [0.15, 0.2) is 0 Å². The molecule has 1 rings (SSSR count). The molecule has 2 atom stereocenters. The van der Waals surface area contributed by atoms with Crippen molar-refractivity contribution in [2.24, 2.45) is 11.7 Å². The molecule has 0 saturated carbocycles. The number of nitrogens with two attached hydrogens (primary N) is 1. The van der Waals surface area contributed by atoms with Crippen molar-refractivity contribution in [1.82, 2.24) is 9.80 Å². The summed E-state index contributed by atoms with van der Waals surface area (Å²) in [6, 6.07) is -0.260. The summed E-state index contributed by atoms with van der Waals surface area (Å²) >= 11 is 0. The molecule has 6 nitrogen and oxygen atoms in total.